The number of furan rings is 1. The van der Waals surface area contributed by atoms with Gasteiger partial charge in [-0.15, -0.1) is 0 Å². The Labute approximate surface area is 173 Å². The second kappa shape index (κ2) is 9.21. The number of aromatic nitrogens is 2. The van der Waals surface area contributed by atoms with Crippen LogP contribution in [-0.4, -0.2) is 39.6 Å². The molecule has 0 unspecified atom stereocenters. The summed E-state index contributed by atoms with van der Waals surface area (Å²) >= 11 is 0. The SMILES string of the molecule is COC(=O)c1c(CC(=O)N(Cc2cccnc2)Cc2ccco2)[nH]c(C(C)=O)c1C. The van der Waals surface area contributed by atoms with E-state index in [2.05, 4.69) is 9.97 Å². The first kappa shape index (κ1) is 21.0. The van der Waals surface area contributed by atoms with E-state index in [9.17, 15) is 14.4 Å². The van der Waals surface area contributed by atoms with Gasteiger partial charge in [-0.3, -0.25) is 14.6 Å². The van der Waals surface area contributed by atoms with Crippen LogP contribution in [0.15, 0.2) is 47.3 Å². The van der Waals surface area contributed by atoms with Gasteiger partial charge in [-0.2, -0.15) is 0 Å². The van der Waals surface area contributed by atoms with E-state index in [1.54, 1.807) is 48.7 Å². The molecule has 3 aromatic heterocycles. The van der Waals surface area contributed by atoms with Gasteiger partial charge in [0.05, 0.1) is 37.6 Å². The molecule has 1 N–H and O–H groups in total. The van der Waals surface area contributed by atoms with E-state index in [4.69, 9.17) is 9.15 Å². The number of methoxy groups -OCH3 is 1. The summed E-state index contributed by atoms with van der Waals surface area (Å²) in [5, 5.41) is 0. The van der Waals surface area contributed by atoms with Gasteiger partial charge in [-0.1, -0.05) is 6.07 Å². The van der Waals surface area contributed by atoms with Crippen molar-refractivity contribution in [2.24, 2.45) is 0 Å². The van der Waals surface area contributed by atoms with Crippen molar-refractivity contribution in [2.45, 2.75) is 33.4 Å². The Morgan fingerprint density at radius 1 is 1.20 bits per heavy atom. The van der Waals surface area contributed by atoms with Crippen molar-refractivity contribution in [3.63, 3.8) is 0 Å². The van der Waals surface area contributed by atoms with E-state index in [0.29, 0.717) is 29.3 Å². The largest absolute Gasteiger partial charge is 0.467 e. The lowest BCUT2D eigenvalue weighted by Gasteiger charge is -2.22. The van der Waals surface area contributed by atoms with Crippen molar-refractivity contribution < 1.29 is 23.5 Å². The van der Waals surface area contributed by atoms with Gasteiger partial charge in [0, 0.05) is 31.6 Å². The van der Waals surface area contributed by atoms with Gasteiger partial charge < -0.3 is 19.0 Å². The van der Waals surface area contributed by atoms with E-state index < -0.39 is 5.97 Å². The predicted molar refractivity (Wildman–Crippen MR) is 108 cm³/mol. The number of hydrogen-bond donors (Lipinski definition) is 1. The Morgan fingerprint density at radius 2 is 2.00 bits per heavy atom. The summed E-state index contributed by atoms with van der Waals surface area (Å²) in [6, 6.07) is 7.22. The summed E-state index contributed by atoms with van der Waals surface area (Å²) in [5.41, 5.74) is 2.20. The van der Waals surface area contributed by atoms with Crippen LogP contribution in [-0.2, 0) is 29.0 Å². The monoisotopic (exact) mass is 409 g/mol. The normalized spacial score (nSPS) is 10.6. The molecular formula is C22H23N3O5. The number of carbonyl (C=O) groups is 3. The van der Waals surface area contributed by atoms with Crippen molar-refractivity contribution in [1.82, 2.24) is 14.9 Å². The van der Waals surface area contributed by atoms with Crippen LogP contribution in [0.2, 0.25) is 0 Å². The molecule has 3 rings (SSSR count). The average Bonchev–Trinajstić information content (AvgIpc) is 3.35. The lowest BCUT2D eigenvalue weighted by atomic mass is 10.1. The first-order valence-corrected chi connectivity index (χ1v) is 9.40. The van der Waals surface area contributed by atoms with Gasteiger partial charge in [0.1, 0.15) is 5.76 Å². The molecule has 0 spiro atoms. The molecular weight excluding hydrogens is 386 g/mol. The van der Waals surface area contributed by atoms with Crippen LogP contribution >= 0.6 is 0 Å². The molecule has 30 heavy (non-hydrogen) atoms. The third kappa shape index (κ3) is 4.65. The maximum Gasteiger partial charge on any atom is 0.339 e. The van der Waals surface area contributed by atoms with E-state index in [1.165, 1.54) is 14.0 Å². The Morgan fingerprint density at radius 3 is 2.60 bits per heavy atom. The zero-order valence-electron chi connectivity index (χ0n) is 17.1. The molecule has 0 aliphatic carbocycles. The number of aromatic amines is 1. The van der Waals surface area contributed by atoms with Crippen LogP contribution in [0, 0.1) is 6.92 Å². The number of carbonyl (C=O) groups excluding carboxylic acids is 3. The van der Waals surface area contributed by atoms with Gasteiger partial charge in [0.2, 0.25) is 5.91 Å². The number of nitrogens with one attached hydrogen (secondary N) is 1. The fourth-order valence-electron chi connectivity index (χ4n) is 3.32. The van der Waals surface area contributed by atoms with E-state index in [-0.39, 0.29) is 30.2 Å². The summed E-state index contributed by atoms with van der Waals surface area (Å²) < 4.78 is 10.3. The minimum absolute atomic E-state index is 0.0977. The van der Waals surface area contributed by atoms with Crippen molar-refractivity contribution in [3.8, 4) is 0 Å². The minimum Gasteiger partial charge on any atom is -0.467 e. The highest BCUT2D eigenvalue weighted by Crippen LogP contribution is 2.22. The number of ketones is 1. The second-order valence-corrected chi connectivity index (χ2v) is 6.89. The Hall–Kier alpha value is -3.68. The molecule has 0 saturated carbocycles. The molecule has 3 heterocycles. The lowest BCUT2D eigenvalue weighted by molar-refractivity contribution is -0.132. The number of H-pyrrole nitrogens is 1. The van der Waals surface area contributed by atoms with Crippen molar-refractivity contribution in [3.05, 3.63) is 76.8 Å². The molecule has 0 atom stereocenters. The quantitative estimate of drug-likeness (QED) is 0.453. The number of Topliss-reactive ketones (excluding diaryl/α,β-unsaturated/α-hetero) is 1. The van der Waals surface area contributed by atoms with E-state index in [1.807, 2.05) is 6.07 Å². The zero-order chi connectivity index (χ0) is 21.7. The predicted octanol–water partition coefficient (Wildman–Crippen LogP) is 3.07. The van der Waals surface area contributed by atoms with E-state index >= 15 is 0 Å². The number of amides is 1. The molecule has 0 radical (unpaired) electrons. The number of esters is 1. The van der Waals surface area contributed by atoms with Crippen LogP contribution in [0.5, 0.6) is 0 Å². The molecule has 8 nitrogen and oxygen atoms in total. The van der Waals surface area contributed by atoms with E-state index in [0.717, 1.165) is 5.56 Å². The van der Waals surface area contributed by atoms with Crippen LogP contribution < -0.4 is 0 Å². The smallest absolute Gasteiger partial charge is 0.339 e. The molecule has 0 aromatic carbocycles. The molecule has 156 valence electrons. The molecule has 0 aliphatic heterocycles. The number of ether oxygens (including phenoxy) is 1. The fraction of sp³-hybridized carbons (Fsp3) is 0.273. The fourth-order valence-corrected chi connectivity index (χ4v) is 3.32. The standard InChI is InChI=1S/C22H23N3O5/c1-14-20(22(28)29-3)18(24-21(14)15(2)26)10-19(27)25(13-17-7-5-9-30-17)12-16-6-4-8-23-11-16/h4-9,11,24H,10,12-13H2,1-3H3. The summed E-state index contributed by atoms with van der Waals surface area (Å²) in [5.74, 6) is -0.424. The topological polar surface area (TPSA) is 106 Å². The number of rotatable bonds is 8. The average molecular weight is 409 g/mol. The molecule has 0 aliphatic rings. The summed E-state index contributed by atoms with van der Waals surface area (Å²) in [6.07, 6.45) is 4.80. The first-order valence-electron chi connectivity index (χ1n) is 9.40. The molecule has 0 fully saturated rings. The van der Waals surface area contributed by atoms with Gasteiger partial charge in [-0.05, 0) is 36.2 Å². The van der Waals surface area contributed by atoms with Crippen molar-refractivity contribution >= 4 is 17.7 Å². The summed E-state index contributed by atoms with van der Waals surface area (Å²) in [6.45, 7) is 3.63. The third-order valence-electron chi connectivity index (χ3n) is 4.77. The molecule has 0 bridgehead atoms. The van der Waals surface area contributed by atoms with Gasteiger partial charge >= 0.3 is 5.97 Å². The summed E-state index contributed by atoms with van der Waals surface area (Å²) in [7, 11) is 1.26. The van der Waals surface area contributed by atoms with Gasteiger partial charge in [0.25, 0.3) is 0 Å². The molecule has 0 saturated heterocycles. The van der Waals surface area contributed by atoms with Crippen molar-refractivity contribution in [1.29, 1.82) is 0 Å². The van der Waals surface area contributed by atoms with Crippen LogP contribution in [0.4, 0.5) is 0 Å². The Bertz CT molecular complexity index is 1040. The van der Waals surface area contributed by atoms with Crippen LogP contribution in [0.1, 0.15) is 50.4 Å². The van der Waals surface area contributed by atoms with Crippen LogP contribution in [0.3, 0.4) is 0 Å². The lowest BCUT2D eigenvalue weighted by Crippen LogP contribution is -2.32. The highest BCUT2D eigenvalue weighted by Gasteiger charge is 2.26. The van der Waals surface area contributed by atoms with Gasteiger partial charge in [-0.25, -0.2) is 4.79 Å². The maximum atomic E-state index is 13.2. The second-order valence-electron chi connectivity index (χ2n) is 6.89. The minimum atomic E-state index is -0.594. The van der Waals surface area contributed by atoms with Crippen molar-refractivity contribution in [2.75, 3.05) is 7.11 Å². The number of pyridine rings is 1. The first-order chi connectivity index (χ1) is 14.4. The number of nitrogens with zero attached hydrogens (tertiary/aromatic N) is 2. The summed E-state index contributed by atoms with van der Waals surface area (Å²) in [4.78, 5) is 46.1. The Balaban J connectivity index is 1.90. The molecule has 8 heteroatoms. The number of hydrogen-bond acceptors (Lipinski definition) is 6. The maximum absolute atomic E-state index is 13.2. The molecule has 3 aromatic rings. The van der Waals surface area contributed by atoms with Gasteiger partial charge in [0.15, 0.2) is 5.78 Å². The highest BCUT2D eigenvalue weighted by molar-refractivity contribution is 6.01. The van der Waals surface area contributed by atoms with Crippen LogP contribution in [0.25, 0.3) is 0 Å². The third-order valence-corrected chi connectivity index (χ3v) is 4.77. The Kier molecular flexibility index (Phi) is 6.46. The zero-order valence-corrected chi connectivity index (χ0v) is 17.1. The molecule has 1 amide bonds. The highest BCUT2D eigenvalue weighted by atomic mass is 16.5.